The van der Waals surface area contributed by atoms with E-state index in [2.05, 4.69) is 21.2 Å². The third kappa shape index (κ3) is 2.96. The summed E-state index contributed by atoms with van der Waals surface area (Å²) in [4.78, 5) is 12.6. The molecule has 1 aliphatic rings. The van der Waals surface area contributed by atoms with Crippen LogP contribution in [0.5, 0.6) is 0 Å². The largest absolute Gasteiger partial charge is 0.324 e. The molecular weight excluding hydrogens is 373 g/mol. The van der Waals surface area contributed by atoms with Gasteiger partial charge in [-0.25, -0.2) is 0 Å². The van der Waals surface area contributed by atoms with Crippen molar-refractivity contribution in [1.29, 1.82) is 0 Å². The highest BCUT2D eigenvalue weighted by Gasteiger charge is 2.51. The van der Waals surface area contributed by atoms with Crippen molar-refractivity contribution in [3.63, 3.8) is 0 Å². The van der Waals surface area contributed by atoms with Crippen LogP contribution in [-0.2, 0) is 10.2 Å². The first-order valence-corrected chi connectivity index (χ1v) is 8.09. The second-order valence-corrected chi connectivity index (χ2v) is 6.93. The van der Waals surface area contributed by atoms with E-state index in [1.165, 1.54) is 0 Å². The Morgan fingerprint density at radius 1 is 1.10 bits per heavy atom. The minimum absolute atomic E-state index is 0.0333. The Morgan fingerprint density at radius 2 is 1.76 bits per heavy atom. The van der Waals surface area contributed by atoms with E-state index < -0.39 is 5.41 Å². The molecule has 1 amide bonds. The number of nitrogens with one attached hydrogen (secondary N) is 1. The zero-order valence-corrected chi connectivity index (χ0v) is 14.1. The highest BCUT2D eigenvalue weighted by molar-refractivity contribution is 9.10. The van der Waals surface area contributed by atoms with Gasteiger partial charge in [0.25, 0.3) is 0 Å². The minimum atomic E-state index is -0.438. The van der Waals surface area contributed by atoms with Gasteiger partial charge in [-0.2, -0.15) is 0 Å². The van der Waals surface area contributed by atoms with Crippen molar-refractivity contribution in [2.75, 3.05) is 5.32 Å². The Balaban J connectivity index is 1.85. The molecule has 0 atom stereocenters. The molecule has 0 unspecified atom stereocenters. The SMILES string of the molecule is O=C(Nc1cc(Cl)ccc1Cl)C1(c2ccc(Br)cc2)CC1. The molecule has 0 bridgehead atoms. The van der Waals surface area contributed by atoms with Gasteiger partial charge in [-0.3, -0.25) is 4.79 Å². The zero-order valence-electron chi connectivity index (χ0n) is 11.0. The van der Waals surface area contributed by atoms with Crippen LogP contribution in [0.1, 0.15) is 18.4 Å². The molecule has 1 saturated carbocycles. The highest BCUT2D eigenvalue weighted by atomic mass is 79.9. The molecule has 1 aliphatic carbocycles. The number of amides is 1. The zero-order chi connectivity index (χ0) is 15.0. The Bertz CT molecular complexity index is 696. The van der Waals surface area contributed by atoms with E-state index in [0.717, 1.165) is 22.9 Å². The average Bonchev–Trinajstić information content (AvgIpc) is 3.25. The van der Waals surface area contributed by atoms with Gasteiger partial charge in [-0.15, -0.1) is 0 Å². The van der Waals surface area contributed by atoms with Crippen molar-refractivity contribution in [2.45, 2.75) is 18.3 Å². The topological polar surface area (TPSA) is 29.1 Å². The van der Waals surface area contributed by atoms with Crippen LogP contribution in [-0.4, -0.2) is 5.91 Å². The molecule has 21 heavy (non-hydrogen) atoms. The summed E-state index contributed by atoms with van der Waals surface area (Å²) >= 11 is 15.5. The number of hydrogen-bond donors (Lipinski definition) is 1. The number of anilines is 1. The number of benzene rings is 2. The molecule has 108 valence electrons. The Morgan fingerprint density at radius 3 is 2.38 bits per heavy atom. The smallest absolute Gasteiger partial charge is 0.235 e. The Kier molecular flexibility index (Phi) is 4.00. The summed E-state index contributed by atoms with van der Waals surface area (Å²) in [5.74, 6) is -0.0333. The maximum Gasteiger partial charge on any atom is 0.235 e. The summed E-state index contributed by atoms with van der Waals surface area (Å²) in [6.45, 7) is 0. The van der Waals surface area contributed by atoms with Crippen molar-refractivity contribution in [2.24, 2.45) is 0 Å². The van der Waals surface area contributed by atoms with E-state index in [1.54, 1.807) is 18.2 Å². The van der Waals surface area contributed by atoms with Gasteiger partial charge in [0, 0.05) is 9.50 Å². The van der Waals surface area contributed by atoms with Crippen LogP contribution >= 0.6 is 39.1 Å². The highest BCUT2D eigenvalue weighted by Crippen LogP contribution is 2.49. The lowest BCUT2D eigenvalue weighted by Crippen LogP contribution is -2.27. The average molecular weight is 385 g/mol. The van der Waals surface area contributed by atoms with Gasteiger partial charge in [0.15, 0.2) is 0 Å². The third-order valence-electron chi connectivity index (χ3n) is 3.76. The molecule has 0 saturated heterocycles. The van der Waals surface area contributed by atoms with Gasteiger partial charge in [0.05, 0.1) is 16.1 Å². The molecule has 0 aliphatic heterocycles. The van der Waals surface area contributed by atoms with Crippen molar-refractivity contribution in [3.05, 3.63) is 62.5 Å². The quantitative estimate of drug-likeness (QED) is 0.751. The van der Waals surface area contributed by atoms with Gasteiger partial charge < -0.3 is 5.32 Å². The van der Waals surface area contributed by atoms with Crippen LogP contribution in [0, 0.1) is 0 Å². The van der Waals surface area contributed by atoms with Crippen molar-refractivity contribution >= 4 is 50.7 Å². The fourth-order valence-corrected chi connectivity index (χ4v) is 2.98. The molecule has 2 aromatic carbocycles. The van der Waals surface area contributed by atoms with Gasteiger partial charge >= 0.3 is 0 Å². The summed E-state index contributed by atoms with van der Waals surface area (Å²) in [5, 5.41) is 3.93. The monoisotopic (exact) mass is 383 g/mol. The van der Waals surface area contributed by atoms with Gasteiger partial charge in [0.2, 0.25) is 5.91 Å². The first-order valence-electron chi connectivity index (χ1n) is 6.54. The summed E-state index contributed by atoms with van der Waals surface area (Å²) in [5.41, 5.74) is 1.14. The van der Waals surface area contributed by atoms with E-state index in [9.17, 15) is 4.79 Å². The number of hydrogen-bond acceptors (Lipinski definition) is 1. The number of carbonyl (C=O) groups is 1. The molecule has 3 rings (SSSR count). The predicted molar refractivity (Wildman–Crippen MR) is 90.1 cm³/mol. The second kappa shape index (κ2) is 5.64. The normalized spacial score (nSPS) is 15.6. The van der Waals surface area contributed by atoms with E-state index in [-0.39, 0.29) is 5.91 Å². The number of halogens is 3. The first-order chi connectivity index (χ1) is 10.0. The molecule has 5 heteroatoms. The molecule has 0 spiro atoms. The molecule has 1 N–H and O–H groups in total. The lowest BCUT2D eigenvalue weighted by Gasteiger charge is -2.16. The van der Waals surface area contributed by atoms with Crippen LogP contribution in [0.2, 0.25) is 10.0 Å². The molecule has 2 nitrogen and oxygen atoms in total. The van der Waals surface area contributed by atoms with Gasteiger partial charge in [-0.05, 0) is 48.7 Å². The Hall–Kier alpha value is -1.03. The standard InChI is InChI=1S/C16H12BrCl2NO/c17-11-3-1-10(2-4-11)16(7-8-16)15(21)20-14-9-12(18)5-6-13(14)19/h1-6,9H,7-8H2,(H,20,21). The maximum absolute atomic E-state index is 12.6. The molecule has 2 aromatic rings. The van der Waals surface area contributed by atoms with Crippen LogP contribution in [0.3, 0.4) is 0 Å². The minimum Gasteiger partial charge on any atom is -0.324 e. The Labute approximate surface area is 141 Å². The number of rotatable bonds is 3. The van der Waals surface area contributed by atoms with E-state index in [1.807, 2.05) is 24.3 Å². The second-order valence-electron chi connectivity index (χ2n) is 5.17. The third-order valence-corrected chi connectivity index (χ3v) is 4.85. The van der Waals surface area contributed by atoms with Crippen LogP contribution in [0.15, 0.2) is 46.9 Å². The van der Waals surface area contributed by atoms with E-state index >= 15 is 0 Å². The van der Waals surface area contributed by atoms with Crippen molar-refractivity contribution < 1.29 is 4.79 Å². The van der Waals surface area contributed by atoms with Crippen LogP contribution in [0.4, 0.5) is 5.69 Å². The summed E-state index contributed by atoms with van der Waals surface area (Å²) in [6, 6.07) is 12.9. The fourth-order valence-electron chi connectivity index (χ4n) is 2.38. The van der Waals surface area contributed by atoms with Crippen molar-refractivity contribution in [3.8, 4) is 0 Å². The van der Waals surface area contributed by atoms with Crippen LogP contribution < -0.4 is 5.32 Å². The van der Waals surface area contributed by atoms with Crippen LogP contribution in [0.25, 0.3) is 0 Å². The first kappa shape index (κ1) is 14.9. The molecule has 0 aromatic heterocycles. The summed E-state index contributed by atoms with van der Waals surface area (Å²) in [7, 11) is 0. The molecule has 0 radical (unpaired) electrons. The lowest BCUT2D eigenvalue weighted by molar-refractivity contribution is -0.118. The molecule has 0 heterocycles. The lowest BCUT2D eigenvalue weighted by atomic mass is 9.95. The summed E-state index contributed by atoms with van der Waals surface area (Å²) in [6.07, 6.45) is 1.69. The predicted octanol–water partition coefficient (Wildman–Crippen LogP) is 5.43. The van der Waals surface area contributed by atoms with Gasteiger partial charge in [-0.1, -0.05) is 51.3 Å². The molecular formula is C16H12BrCl2NO. The van der Waals surface area contributed by atoms with Crippen molar-refractivity contribution in [1.82, 2.24) is 0 Å². The molecule has 1 fully saturated rings. The van der Waals surface area contributed by atoms with E-state index in [4.69, 9.17) is 23.2 Å². The maximum atomic E-state index is 12.6. The summed E-state index contributed by atoms with van der Waals surface area (Å²) < 4.78 is 1.00. The van der Waals surface area contributed by atoms with Gasteiger partial charge in [0.1, 0.15) is 0 Å². The number of carbonyl (C=O) groups excluding carboxylic acids is 1. The fraction of sp³-hybridized carbons (Fsp3) is 0.188. The van der Waals surface area contributed by atoms with E-state index in [0.29, 0.717) is 15.7 Å².